The van der Waals surface area contributed by atoms with Gasteiger partial charge in [0, 0.05) is 17.6 Å². The van der Waals surface area contributed by atoms with E-state index in [4.69, 9.17) is 5.73 Å². The summed E-state index contributed by atoms with van der Waals surface area (Å²) in [5.74, 6) is 0. The zero-order chi connectivity index (χ0) is 9.31. The van der Waals surface area contributed by atoms with Crippen molar-refractivity contribution in [2.45, 2.75) is 37.3 Å². The molecule has 1 aliphatic carbocycles. The summed E-state index contributed by atoms with van der Waals surface area (Å²) in [6.07, 6.45) is 5.54. The highest BCUT2D eigenvalue weighted by Crippen LogP contribution is 2.36. The van der Waals surface area contributed by atoms with Gasteiger partial charge < -0.3 is 10.8 Å². The SMILES string of the molecule is NC1CCCCC1(O)c1nccs1. The quantitative estimate of drug-likeness (QED) is 0.713. The lowest BCUT2D eigenvalue weighted by Gasteiger charge is -2.35. The molecular weight excluding hydrogens is 184 g/mol. The summed E-state index contributed by atoms with van der Waals surface area (Å²) in [5.41, 5.74) is 5.07. The Morgan fingerprint density at radius 2 is 2.46 bits per heavy atom. The molecule has 1 saturated carbocycles. The molecule has 4 heteroatoms. The van der Waals surface area contributed by atoms with Crippen LogP contribution in [0.15, 0.2) is 11.6 Å². The second-order valence-electron chi connectivity index (χ2n) is 3.61. The van der Waals surface area contributed by atoms with Gasteiger partial charge in [-0.1, -0.05) is 12.8 Å². The van der Waals surface area contributed by atoms with Crippen LogP contribution in [0.2, 0.25) is 0 Å². The topological polar surface area (TPSA) is 59.1 Å². The number of hydrogen-bond acceptors (Lipinski definition) is 4. The van der Waals surface area contributed by atoms with Crippen molar-refractivity contribution in [2.75, 3.05) is 0 Å². The van der Waals surface area contributed by atoms with Crippen molar-refractivity contribution in [3.8, 4) is 0 Å². The van der Waals surface area contributed by atoms with E-state index in [-0.39, 0.29) is 6.04 Å². The molecule has 72 valence electrons. The zero-order valence-corrected chi connectivity index (χ0v) is 8.26. The van der Waals surface area contributed by atoms with Gasteiger partial charge in [0.2, 0.25) is 0 Å². The normalized spacial score (nSPS) is 34.8. The third kappa shape index (κ3) is 1.49. The van der Waals surface area contributed by atoms with E-state index in [9.17, 15) is 5.11 Å². The highest BCUT2D eigenvalue weighted by Gasteiger charge is 2.40. The van der Waals surface area contributed by atoms with Crippen molar-refractivity contribution in [3.05, 3.63) is 16.6 Å². The fourth-order valence-electron chi connectivity index (χ4n) is 1.89. The minimum Gasteiger partial charge on any atom is -0.381 e. The van der Waals surface area contributed by atoms with Crippen LogP contribution in [-0.2, 0) is 5.60 Å². The van der Waals surface area contributed by atoms with E-state index >= 15 is 0 Å². The molecule has 3 nitrogen and oxygen atoms in total. The van der Waals surface area contributed by atoms with Crippen molar-refractivity contribution in [1.82, 2.24) is 4.98 Å². The predicted molar refractivity (Wildman–Crippen MR) is 52.5 cm³/mol. The molecule has 1 heterocycles. The van der Waals surface area contributed by atoms with E-state index in [1.165, 1.54) is 11.3 Å². The lowest BCUT2D eigenvalue weighted by molar-refractivity contribution is -0.0194. The molecular formula is C9H14N2OS. The fraction of sp³-hybridized carbons (Fsp3) is 0.667. The van der Waals surface area contributed by atoms with Crippen LogP contribution >= 0.6 is 11.3 Å². The van der Waals surface area contributed by atoms with Crippen LogP contribution in [0.1, 0.15) is 30.7 Å². The summed E-state index contributed by atoms with van der Waals surface area (Å²) in [5, 5.41) is 13.0. The van der Waals surface area contributed by atoms with Crippen molar-refractivity contribution in [1.29, 1.82) is 0 Å². The highest BCUT2D eigenvalue weighted by atomic mass is 32.1. The average molecular weight is 198 g/mol. The van der Waals surface area contributed by atoms with Gasteiger partial charge in [-0.05, 0) is 12.8 Å². The summed E-state index contributed by atoms with van der Waals surface area (Å²) >= 11 is 1.49. The smallest absolute Gasteiger partial charge is 0.131 e. The zero-order valence-electron chi connectivity index (χ0n) is 7.44. The van der Waals surface area contributed by atoms with Gasteiger partial charge in [0.25, 0.3) is 0 Å². The summed E-state index contributed by atoms with van der Waals surface area (Å²) in [6.45, 7) is 0. The first-order chi connectivity index (χ1) is 6.23. The molecule has 0 aliphatic heterocycles. The molecule has 1 aromatic rings. The third-order valence-corrected chi connectivity index (χ3v) is 3.68. The highest BCUT2D eigenvalue weighted by molar-refractivity contribution is 7.09. The van der Waals surface area contributed by atoms with E-state index in [2.05, 4.69) is 4.98 Å². The lowest BCUT2D eigenvalue weighted by atomic mass is 9.81. The maximum absolute atomic E-state index is 10.3. The number of aromatic nitrogens is 1. The molecule has 1 aliphatic rings. The van der Waals surface area contributed by atoms with E-state index in [1.807, 2.05) is 5.38 Å². The van der Waals surface area contributed by atoms with Crippen LogP contribution < -0.4 is 5.73 Å². The minimum atomic E-state index is -0.855. The van der Waals surface area contributed by atoms with Gasteiger partial charge >= 0.3 is 0 Å². The maximum atomic E-state index is 10.3. The van der Waals surface area contributed by atoms with Gasteiger partial charge in [-0.25, -0.2) is 4.98 Å². The Hall–Kier alpha value is -0.450. The van der Waals surface area contributed by atoms with E-state index < -0.39 is 5.60 Å². The van der Waals surface area contributed by atoms with Crippen LogP contribution in [0.3, 0.4) is 0 Å². The summed E-state index contributed by atoms with van der Waals surface area (Å²) in [6, 6.07) is -0.146. The van der Waals surface area contributed by atoms with Gasteiger partial charge in [0.15, 0.2) is 0 Å². The Balaban J connectivity index is 2.27. The molecule has 0 bridgehead atoms. The number of rotatable bonds is 1. The molecule has 1 aromatic heterocycles. The molecule has 1 fully saturated rings. The van der Waals surface area contributed by atoms with Gasteiger partial charge in [-0.15, -0.1) is 11.3 Å². The summed E-state index contributed by atoms with van der Waals surface area (Å²) in [7, 11) is 0. The number of nitrogens with two attached hydrogens (primary N) is 1. The molecule has 0 aromatic carbocycles. The Kier molecular flexibility index (Phi) is 2.36. The summed E-state index contributed by atoms with van der Waals surface area (Å²) < 4.78 is 0. The number of hydrogen-bond donors (Lipinski definition) is 2. The number of thiazole rings is 1. The van der Waals surface area contributed by atoms with Gasteiger partial charge in [-0.3, -0.25) is 0 Å². The fourth-order valence-corrected chi connectivity index (χ4v) is 2.72. The van der Waals surface area contributed by atoms with Crippen molar-refractivity contribution in [3.63, 3.8) is 0 Å². The summed E-state index contributed by atoms with van der Waals surface area (Å²) in [4.78, 5) is 4.15. The Bertz CT molecular complexity index is 275. The van der Waals surface area contributed by atoms with Crippen molar-refractivity contribution >= 4 is 11.3 Å². The molecule has 2 rings (SSSR count). The third-order valence-electron chi connectivity index (χ3n) is 2.74. The number of aliphatic hydroxyl groups is 1. The molecule has 0 amide bonds. The average Bonchev–Trinajstić information content (AvgIpc) is 2.63. The van der Waals surface area contributed by atoms with E-state index in [1.54, 1.807) is 6.20 Å². The molecule has 0 radical (unpaired) electrons. The van der Waals surface area contributed by atoms with Crippen LogP contribution in [0.5, 0.6) is 0 Å². The van der Waals surface area contributed by atoms with Crippen LogP contribution in [0, 0.1) is 0 Å². The molecule has 2 unspecified atom stereocenters. The molecule has 2 atom stereocenters. The van der Waals surface area contributed by atoms with Gasteiger partial charge in [0.1, 0.15) is 10.6 Å². The van der Waals surface area contributed by atoms with Crippen LogP contribution in [0.25, 0.3) is 0 Å². The van der Waals surface area contributed by atoms with Crippen LogP contribution in [0.4, 0.5) is 0 Å². The standard InChI is InChI=1S/C9H14N2OS/c10-7-3-1-2-4-9(7,12)8-11-5-6-13-8/h5-7,12H,1-4,10H2. The van der Waals surface area contributed by atoms with Gasteiger partial charge in [0.05, 0.1) is 0 Å². The molecule has 13 heavy (non-hydrogen) atoms. The van der Waals surface area contributed by atoms with E-state index in [0.29, 0.717) is 0 Å². The van der Waals surface area contributed by atoms with Crippen LogP contribution in [-0.4, -0.2) is 16.1 Å². The second kappa shape index (κ2) is 3.36. The largest absolute Gasteiger partial charge is 0.381 e. The van der Waals surface area contributed by atoms with E-state index in [0.717, 1.165) is 30.7 Å². The predicted octanol–water partition coefficient (Wildman–Crippen LogP) is 1.23. The first-order valence-corrected chi connectivity index (χ1v) is 5.49. The monoisotopic (exact) mass is 198 g/mol. The Morgan fingerprint density at radius 3 is 3.08 bits per heavy atom. The minimum absolute atomic E-state index is 0.146. The Labute approximate surface area is 81.6 Å². The first kappa shape index (κ1) is 9.12. The molecule has 0 spiro atoms. The first-order valence-electron chi connectivity index (χ1n) is 4.61. The van der Waals surface area contributed by atoms with Gasteiger partial charge in [-0.2, -0.15) is 0 Å². The van der Waals surface area contributed by atoms with Crippen molar-refractivity contribution in [2.24, 2.45) is 5.73 Å². The Morgan fingerprint density at radius 1 is 1.62 bits per heavy atom. The lowest BCUT2D eigenvalue weighted by Crippen LogP contribution is -2.47. The maximum Gasteiger partial charge on any atom is 0.131 e. The second-order valence-corrected chi connectivity index (χ2v) is 4.51. The van der Waals surface area contributed by atoms with Crippen molar-refractivity contribution < 1.29 is 5.11 Å². The molecule has 0 saturated heterocycles. The number of nitrogens with zero attached hydrogens (tertiary/aromatic N) is 1. The molecule has 3 N–H and O–H groups in total.